The Balaban J connectivity index is 2.07. The minimum atomic E-state index is -4.38. The Hall–Kier alpha value is -2.87. The zero-order valence-electron chi connectivity index (χ0n) is 12.7. The molecule has 0 spiro atoms. The van der Waals surface area contributed by atoms with E-state index in [2.05, 4.69) is 4.99 Å². The molecule has 3 rings (SSSR count). The van der Waals surface area contributed by atoms with Gasteiger partial charge in [0.25, 0.3) is 5.91 Å². The van der Waals surface area contributed by atoms with E-state index in [9.17, 15) is 18.0 Å². The quantitative estimate of drug-likeness (QED) is 0.533. The molecule has 4 nitrogen and oxygen atoms in total. The summed E-state index contributed by atoms with van der Waals surface area (Å²) in [6.07, 6.45) is -4.38. The van der Waals surface area contributed by atoms with Gasteiger partial charge in [0.05, 0.1) is 10.4 Å². The lowest BCUT2D eigenvalue weighted by atomic mass is 10.0. The molecule has 1 heterocycles. The topological polar surface area (TPSA) is 81.5 Å². The van der Waals surface area contributed by atoms with Crippen LogP contribution < -0.4 is 11.5 Å². The lowest BCUT2D eigenvalue weighted by Crippen LogP contribution is -2.24. The van der Waals surface area contributed by atoms with E-state index >= 15 is 0 Å². The number of aliphatic imine (C=N–C) groups is 1. The Kier molecular flexibility index (Phi) is 4.22. The number of alkyl halides is 3. The first-order valence-electron chi connectivity index (χ1n) is 7.10. The van der Waals surface area contributed by atoms with Gasteiger partial charge in [-0.1, -0.05) is 24.3 Å². The van der Waals surface area contributed by atoms with Crippen LogP contribution >= 0.6 is 11.3 Å². The molecule has 4 N–H and O–H groups in total. The van der Waals surface area contributed by atoms with Gasteiger partial charge in [0, 0.05) is 10.1 Å². The molecule has 0 atom stereocenters. The number of carbonyl (C=O) groups is 1. The van der Waals surface area contributed by atoms with Crippen LogP contribution in [-0.2, 0) is 6.18 Å². The van der Waals surface area contributed by atoms with Gasteiger partial charge in [0.1, 0.15) is 0 Å². The number of halogens is 3. The normalized spacial score (nSPS) is 11.5. The molecule has 1 aromatic heterocycles. The van der Waals surface area contributed by atoms with Gasteiger partial charge in [-0.15, -0.1) is 11.3 Å². The fourth-order valence-electron chi connectivity index (χ4n) is 2.43. The monoisotopic (exact) mass is 363 g/mol. The number of benzene rings is 2. The maximum Gasteiger partial charge on any atom is 0.416 e. The number of fused-ring (bicyclic) bond motifs is 1. The summed E-state index contributed by atoms with van der Waals surface area (Å²) < 4.78 is 38.9. The Morgan fingerprint density at radius 2 is 1.72 bits per heavy atom. The first-order valence-corrected chi connectivity index (χ1v) is 7.91. The summed E-state index contributed by atoms with van der Waals surface area (Å²) in [4.78, 5) is 15.8. The molecule has 25 heavy (non-hydrogen) atoms. The second-order valence-electron chi connectivity index (χ2n) is 5.24. The zero-order chi connectivity index (χ0) is 18.2. The largest absolute Gasteiger partial charge is 0.416 e. The molecule has 0 aliphatic carbocycles. The molecule has 8 heteroatoms. The predicted octanol–water partition coefficient (Wildman–Crippen LogP) is 4.00. The highest BCUT2D eigenvalue weighted by molar-refractivity contribution is 7.20. The number of thiophene rings is 1. The van der Waals surface area contributed by atoms with Crippen LogP contribution in [-0.4, -0.2) is 11.9 Å². The van der Waals surface area contributed by atoms with Crippen molar-refractivity contribution in [2.45, 2.75) is 6.18 Å². The number of hydrogen-bond donors (Lipinski definition) is 2. The van der Waals surface area contributed by atoms with E-state index in [0.29, 0.717) is 10.4 Å². The molecule has 0 radical (unpaired) electrons. The minimum Gasteiger partial charge on any atom is -0.370 e. The summed E-state index contributed by atoms with van der Waals surface area (Å²) in [5.41, 5.74) is 11.1. The molecule has 0 saturated heterocycles. The number of amides is 1. The second kappa shape index (κ2) is 6.21. The first-order chi connectivity index (χ1) is 11.8. The second-order valence-corrected chi connectivity index (χ2v) is 6.33. The van der Waals surface area contributed by atoms with Gasteiger partial charge in [0.2, 0.25) is 0 Å². The van der Waals surface area contributed by atoms with E-state index in [1.165, 1.54) is 23.5 Å². The van der Waals surface area contributed by atoms with Gasteiger partial charge >= 0.3 is 6.18 Å². The number of hydrogen-bond acceptors (Lipinski definition) is 2. The Bertz CT molecular complexity index is 971. The molecule has 0 bridgehead atoms. The molecule has 1 amide bonds. The van der Waals surface area contributed by atoms with Crippen LogP contribution in [0.1, 0.15) is 15.2 Å². The fraction of sp³-hybridized carbons (Fsp3) is 0.0588. The molecule has 128 valence electrons. The number of guanidine groups is 1. The highest BCUT2D eigenvalue weighted by atomic mass is 32.1. The summed E-state index contributed by atoms with van der Waals surface area (Å²) in [6.45, 7) is 0. The number of nitrogens with two attached hydrogens (primary N) is 2. The predicted molar refractivity (Wildman–Crippen MR) is 92.4 cm³/mol. The maximum absolute atomic E-state index is 12.7. The van der Waals surface area contributed by atoms with Gasteiger partial charge < -0.3 is 11.5 Å². The van der Waals surface area contributed by atoms with Gasteiger partial charge in [-0.25, -0.2) is 0 Å². The van der Waals surface area contributed by atoms with Crippen LogP contribution in [0.15, 0.2) is 53.5 Å². The molecular weight excluding hydrogens is 351 g/mol. The van der Waals surface area contributed by atoms with Crippen LogP contribution in [0, 0.1) is 0 Å². The van der Waals surface area contributed by atoms with Crippen LogP contribution in [0.25, 0.3) is 21.2 Å². The summed E-state index contributed by atoms with van der Waals surface area (Å²) in [7, 11) is 0. The molecule has 0 unspecified atom stereocenters. The third-order valence-corrected chi connectivity index (χ3v) is 4.61. The van der Waals surface area contributed by atoms with Crippen molar-refractivity contribution in [1.82, 2.24) is 0 Å². The number of nitrogens with zero attached hydrogens (tertiary/aromatic N) is 1. The first kappa shape index (κ1) is 17.0. The SMILES string of the molecule is NC(N)=NC(=O)c1cc2c(-c3ccc(C(F)(F)F)cc3)cccc2s1. The van der Waals surface area contributed by atoms with Crippen molar-refractivity contribution in [3.05, 3.63) is 59.0 Å². The van der Waals surface area contributed by atoms with E-state index in [4.69, 9.17) is 11.5 Å². The molecule has 0 fully saturated rings. The van der Waals surface area contributed by atoms with E-state index < -0.39 is 17.6 Å². The zero-order valence-corrected chi connectivity index (χ0v) is 13.5. The third kappa shape index (κ3) is 3.48. The fourth-order valence-corrected chi connectivity index (χ4v) is 3.40. The van der Waals surface area contributed by atoms with Gasteiger partial charge in [-0.05, 0) is 35.4 Å². The van der Waals surface area contributed by atoms with Crippen LogP contribution in [0.4, 0.5) is 13.2 Å². The number of rotatable bonds is 2. The molecular formula is C17H12F3N3OS. The van der Waals surface area contributed by atoms with Crippen molar-refractivity contribution < 1.29 is 18.0 Å². The molecule has 0 saturated carbocycles. The summed E-state index contributed by atoms with van der Waals surface area (Å²) in [5, 5.41) is 0.751. The molecule has 0 aliphatic heterocycles. The lowest BCUT2D eigenvalue weighted by Gasteiger charge is -2.08. The van der Waals surface area contributed by atoms with E-state index in [-0.39, 0.29) is 5.96 Å². The van der Waals surface area contributed by atoms with Crippen LogP contribution in [0.3, 0.4) is 0 Å². The van der Waals surface area contributed by atoms with Crippen molar-refractivity contribution >= 4 is 33.3 Å². The Morgan fingerprint density at radius 1 is 1.04 bits per heavy atom. The highest BCUT2D eigenvalue weighted by Crippen LogP contribution is 2.36. The summed E-state index contributed by atoms with van der Waals surface area (Å²) in [5.74, 6) is -0.884. The average molecular weight is 363 g/mol. The van der Waals surface area contributed by atoms with Crippen LogP contribution in [0.5, 0.6) is 0 Å². The van der Waals surface area contributed by atoms with Crippen molar-refractivity contribution in [2.75, 3.05) is 0 Å². The van der Waals surface area contributed by atoms with Crippen molar-refractivity contribution in [3.8, 4) is 11.1 Å². The number of carbonyl (C=O) groups excluding carboxylic acids is 1. The maximum atomic E-state index is 12.7. The van der Waals surface area contributed by atoms with Gasteiger partial charge in [-0.3, -0.25) is 4.79 Å². The average Bonchev–Trinajstić information content (AvgIpc) is 2.98. The Labute approximate surface area is 144 Å². The molecule has 0 aliphatic rings. The highest BCUT2D eigenvalue weighted by Gasteiger charge is 2.30. The van der Waals surface area contributed by atoms with E-state index in [0.717, 1.165) is 27.8 Å². The smallest absolute Gasteiger partial charge is 0.370 e. The molecule has 2 aromatic carbocycles. The third-order valence-electron chi connectivity index (χ3n) is 3.53. The van der Waals surface area contributed by atoms with E-state index in [1.54, 1.807) is 18.2 Å². The van der Waals surface area contributed by atoms with Gasteiger partial charge in [0.15, 0.2) is 5.96 Å². The van der Waals surface area contributed by atoms with Gasteiger partial charge in [-0.2, -0.15) is 18.2 Å². The van der Waals surface area contributed by atoms with Crippen molar-refractivity contribution in [2.24, 2.45) is 16.5 Å². The minimum absolute atomic E-state index is 0.328. The van der Waals surface area contributed by atoms with Crippen molar-refractivity contribution in [1.29, 1.82) is 0 Å². The summed E-state index contributed by atoms with van der Waals surface area (Å²) in [6, 6.07) is 11.9. The Morgan fingerprint density at radius 3 is 2.32 bits per heavy atom. The molecule has 3 aromatic rings. The summed E-state index contributed by atoms with van der Waals surface area (Å²) >= 11 is 1.22. The van der Waals surface area contributed by atoms with Crippen molar-refractivity contribution in [3.63, 3.8) is 0 Å². The van der Waals surface area contributed by atoms with E-state index in [1.807, 2.05) is 6.07 Å². The standard InChI is InChI=1S/C17H12F3N3OS/c18-17(19,20)10-6-4-9(5-7-10)11-2-1-3-13-12(11)8-14(25-13)15(24)23-16(21)22/h1-8H,(H4,21,22,23,24). The lowest BCUT2D eigenvalue weighted by molar-refractivity contribution is -0.137. The van der Waals surface area contributed by atoms with Crippen LogP contribution in [0.2, 0.25) is 0 Å².